The topological polar surface area (TPSA) is 82.8 Å². The summed E-state index contributed by atoms with van der Waals surface area (Å²) in [5.41, 5.74) is 7.50. The number of anilines is 1. The first-order valence-electron chi connectivity index (χ1n) is 5.41. The van der Waals surface area contributed by atoms with Crippen molar-refractivity contribution >= 4 is 28.6 Å². The Kier molecular flexibility index (Phi) is 2.64. The van der Waals surface area contributed by atoms with Crippen molar-refractivity contribution in [2.45, 2.75) is 13.0 Å². The molecule has 0 spiro atoms. The summed E-state index contributed by atoms with van der Waals surface area (Å²) >= 11 is 6.07. The summed E-state index contributed by atoms with van der Waals surface area (Å²) in [6, 6.07) is 5.59. The van der Waals surface area contributed by atoms with Crippen LogP contribution in [0.5, 0.6) is 0 Å². The fraction of sp³-hybridized carbons (Fsp3) is 0.182. The monoisotopic (exact) mass is 263 g/mol. The number of para-hydroxylation sites is 1. The Bertz CT molecular complexity index is 676. The number of imidazole rings is 1. The minimum absolute atomic E-state index is 0.428. The van der Waals surface area contributed by atoms with Crippen LogP contribution < -0.4 is 5.73 Å². The summed E-state index contributed by atoms with van der Waals surface area (Å²) in [4.78, 5) is 8.22. The third-order valence-electron chi connectivity index (χ3n) is 2.72. The number of aromatic nitrogens is 4. The van der Waals surface area contributed by atoms with E-state index in [4.69, 9.17) is 21.9 Å². The molecule has 6 nitrogen and oxygen atoms in total. The molecule has 92 valence electrons. The minimum atomic E-state index is 0.428. The van der Waals surface area contributed by atoms with Gasteiger partial charge in [0.15, 0.2) is 6.33 Å². The van der Waals surface area contributed by atoms with Gasteiger partial charge in [-0.15, -0.1) is 0 Å². The molecule has 0 radical (unpaired) electrons. The van der Waals surface area contributed by atoms with Gasteiger partial charge in [0.2, 0.25) is 11.8 Å². The first-order valence-corrected chi connectivity index (χ1v) is 5.79. The number of nitrogen functional groups attached to an aromatic ring is 1. The molecule has 3 aromatic rings. The van der Waals surface area contributed by atoms with Gasteiger partial charge in [-0.25, -0.2) is 4.98 Å². The molecule has 2 N–H and O–H groups in total. The lowest BCUT2D eigenvalue weighted by Gasteiger charge is -2.03. The van der Waals surface area contributed by atoms with Crippen LogP contribution in [0.2, 0.25) is 5.02 Å². The molecule has 7 heteroatoms. The molecule has 3 rings (SSSR count). The Hall–Kier alpha value is -2.08. The van der Waals surface area contributed by atoms with Gasteiger partial charge in [-0.3, -0.25) is 0 Å². The highest BCUT2D eigenvalue weighted by atomic mass is 35.5. The smallest absolute Gasteiger partial charge is 0.228 e. The maximum absolute atomic E-state index is 6.07. The van der Waals surface area contributed by atoms with E-state index in [-0.39, 0.29) is 0 Å². The summed E-state index contributed by atoms with van der Waals surface area (Å²) in [5.74, 6) is 0.996. The quantitative estimate of drug-likeness (QED) is 0.780. The Morgan fingerprint density at radius 2 is 2.28 bits per heavy atom. The Balaban J connectivity index is 1.96. The number of rotatable bonds is 3. The Labute approximate surface area is 107 Å². The molecule has 2 aromatic heterocycles. The first kappa shape index (κ1) is 11.0. The van der Waals surface area contributed by atoms with E-state index in [0.717, 1.165) is 5.52 Å². The molecule has 0 saturated carbocycles. The van der Waals surface area contributed by atoms with Gasteiger partial charge < -0.3 is 14.8 Å². The molecular formula is C11H10ClN5O. The second-order valence-electron chi connectivity index (χ2n) is 3.81. The molecule has 0 aliphatic rings. The van der Waals surface area contributed by atoms with E-state index in [0.29, 0.717) is 35.3 Å². The summed E-state index contributed by atoms with van der Waals surface area (Å²) in [6.07, 6.45) is 1.98. The summed E-state index contributed by atoms with van der Waals surface area (Å²) < 4.78 is 6.83. The van der Waals surface area contributed by atoms with E-state index in [1.54, 1.807) is 6.07 Å². The molecule has 0 unspecified atom stereocenters. The van der Waals surface area contributed by atoms with Crippen LogP contribution in [-0.4, -0.2) is 19.7 Å². The van der Waals surface area contributed by atoms with Crippen LogP contribution in [0.15, 0.2) is 29.0 Å². The molecule has 18 heavy (non-hydrogen) atoms. The van der Waals surface area contributed by atoms with Crippen LogP contribution >= 0.6 is 11.6 Å². The number of halogens is 1. The minimum Gasteiger partial charge on any atom is -0.369 e. The number of benzene rings is 1. The molecule has 0 atom stereocenters. The molecule has 2 heterocycles. The van der Waals surface area contributed by atoms with E-state index in [9.17, 15) is 0 Å². The lowest BCUT2D eigenvalue weighted by molar-refractivity contribution is 0.372. The summed E-state index contributed by atoms with van der Waals surface area (Å²) in [5, 5.41) is 4.15. The van der Waals surface area contributed by atoms with Gasteiger partial charge in [0.25, 0.3) is 0 Å². The van der Waals surface area contributed by atoms with Crippen molar-refractivity contribution < 1.29 is 4.52 Å². The number of aryl methyl sites for hydroxylation is 2. The average molecular weight is 264 g/mol. The van der Waals surface area contributed by atoms with Crippen LogP contribution in [-0.2, 0) is 13.0 Å². The van der Waals surface area contributed by atoms with E-state index < -0.39 is 0 Å². The molecule has 0 aliphatic heterocycles. The third kappa shape index (κ3) is 1.80. The van der Waals surface area contributed by atoms with Gasteiger partial charge >= 0.3 is 0 Å². The largest absolute Gasteiger partial charge is 0.369 e. The Morgan fingerprint density at radius 3 is 3.06 bits per heavy atom. The van der Waals surface area contributed by atoms with Crippen LogP contribution in [0.4, 0.5) is 5.95 Å². The van der Waals surface area contributed by atoms with E-state index in [1.807, 2.05) is 16.7 Å². The lowest BCUT2D eigenvalue weighted by atomic mass is 10.3. The predicted molar refractivity (Wildman–Crippen MR) is 67.2 cm³/mol. The summed E-state index contributed by atoms with van der Waals surface area (Å²) in [7, 11) is 0. The van der Waals surface area contributed by atoms with Gasteiger partial charge in [0, 0.05) is 13.0 Å². The Morgan fingerprint density at radius 1 is 1.39 bits per heavy atom. The zero-order valence-corrected chi connectivity index (χ0v) is 10.1. The number of nitrogens with two attached hydrogens (primary N) is 1. The van der Waals surface area contributed by atoms with Crippen LogP contribution in [0.1, 0.15) is 5.89 Å². The van der Waals surface area contributed by atoms with Crippen molar-refractivity contribution in [2.75, 3.05) is 5.73 Å². The van der Waals surface area contributed by atoms with Crippen molar-refractivity contribution in [3.8, 4) is 0 Å². The second-order valence-corrected chi connectivity index (χ2v) is 4.22. The molecule has 0 saturated heterocycles. The van der Waals surface area contributed by atoms with E-state index in [1.165, 1.54) is 6.33 Å². The summed E-state index contributed by atoms with van der Waals surface area (Å²) in [6.45, 7) is 0.616. The number of nitrogens with zero attached hydrogens (tertiary/aromatic N) is 4. The van der Waals surface area contributed by atoms with Gasteiger partial charge in [0.1, 0.15) is 5.52 Å². The maximum Gasteiger partial charge on any atom is 0.228 e. The van der Waals surface area contributed by atoms with E-state index >= 15 is 0 Å². The second kappa shape index (κ2) is 4.30. The number of hydrogen-bond donors (Lipinski definition) is 1. The normalized spacial score (nSPS) is 11.2. The SMILES string of the molecule is Nc1nc2c(Cl)cccc2n1CCc1ncno1. The van der Waals surface area contributed by atoms with Crippen LogP contribution in [0.3, 0.4) is 0 Å². The zero-order valence-electron chi connectivity index (χ0n) is 9.38. The van der Waals surface area contributed by atoms with E-state index in [2.05, 4.69) is 15.1 Å². The zero-order chi connectivity index (χ0) is 12.5. The van der Waals surface area contributed by atoms with Crippen molar-refractivity contribution in [3.05, 3.63) is 35.4 Å². The van der Waals surface area contributed by atoms with Crippen LogP contribution in [0.25, 0.3) is 11.0 Å². The van der Waals surface area contributed by atoms with Crippen molar-refractivity contribution in [1.82, 2.24) is 19.7 Å². The number of hydrogen-bond acceptors (Lipinski definition) is 5. The molecule has 0 amide bonds. The van der Waals surface area contributed by atoms with Crippen molar-refractivity contribution in [2.24, 2.45) is 0 Å². The van der Waals surface area contributed by atoms with Crippen LogP contribution in [0, 0.1) is 0 Å². The maximum atomic E-state index is 6.07. The highest BCUT2D eigenvalue weighted by molar-refractivity contribution is 6.35. The lowest BCUT2D eigenvalue weighted by Crippen LogP contribution is -2.05. The predicted octanol–water partition coefficient (Wildman–Crippen LogP) is 1.90. The standard InChI is InChI=1S/C11H10ClN5O/c12-7-2-1-3-8-10(7)16-11(13)17(8)5-4-9-14-6-15-18-9/h1-3,6H,4-5H2,(H2,13,16). The fourth-order valence-electron chi connectivity index (χ4n) is 1.88. The van der Waals surface area contributed by atoms with Crippen molar-refractivity contribution in [1.29, 1.82) is 0 Å². The molecule has 0 bridgehead atoms. The highest BCUT2D eigenvalue weighted by Crippen LogP contribution is 2.25. The van der Waals surface area contributed by atoms with Crippen molar-refractivity contribution in [3.63, 3.8) is 0 Å². The third-order valence-corrected chi connectivity index (χ3v) is 3.02. The van der Waals surface area contributed by atoms with Gasteiger partial charge in [-0.2, -0.15) is 4.98 Å². The highest BCUT2D eigenvalue weighted by Gasteiger charge is 2.11. The molecular weight excluding hydrogens is 254 g/mol. The van der Waals surface area contributed by atoms with Gasteiger partial charge in [-0.1, -0.05) is 22.8 Å². The van der Waals surface area contributed by atoms with Gasteiger partial charge in [0.05, 0.1) is 10.5 Å². The van der Waals surface area contributed by atoms with Gasteiger partial charge in [-0.05, 0) is 12.1 Å². The number of fused-ring (bicyclic) bond motifs is 1. The molecule has 1 aromatic carbocycles. The first-order chi connectivity index (χ1) is 8.75. The average Bonchev–Trinajstić information content (AvgIpc) is 2.95. The fourth-order valence-corrected chi connectivity index (χ4v) is 2.09. The molecule has 0 fully saturated rings. The molecule has 0 aliphatic carbocycles.